The lowest BCUT2D eigenvalue weighted by Gasteiger charge is -2.26. The summed E-state index contributed by atoms with van der Waals surface area (Å²) in [7, 11) is 0. The molecule has 2 aromatic carbocycles. The summed E-state index contributed by atoms with van der Waals surface area (Å²) in [6, 6.07) is 16.8. The molecule has 0 bridgehead atoms. The van der Waals surface area contributed by atoms with Crippen molar-refractivity contribution in [2.45, 2.75) is 65.0 Å². The molecule has 0 radical (unpaired) electrons. The van der Waals surface area contributed by atoms with Gasteiger partial charge in [-0.2, -0.15) is 0 Å². The standard InChI is InChI=1S/C29H35FN4O2/c1-4-35-24-16-22(28(30)26(17-24)36-19(2)3)18-34(23-14-12-21(13-15-23)29(31)32)27-11-7-10-25(33-27)20-8-5-6-9-20/h7,10-17,19-20H,4-6,8-9,18H2,1-3H3,(H3,31,32). The van der Waals surface area contributed by atoms with E-state index in [0.717, 1.165) is 30.0 Å². The molecular weight excluding hydrogens is 455 g/mol. The summed E-state index contributed by atoms with van der Waals surface area (Å²) in [6.07, 6.45) is 4.56. The van der Waals surface area contributed by atoms with Gasteiger partial charge in [0.1, 0.15) is 17.4 Å². The van der Waals surface area contributed by atoms with Crippen molar-refractivity contribution in [3.05, 3.63) is 77.2 Å². The maximum absolute atomic E-state index is 15.7. The fourth-order valence-electron chi connectivity index (χ4n) is 4.67. The lowest BCUT2D eigenvalue weighted by Crippen LogP contribution is -2.20. The molecule has 3 N–H and O–H groups in total. The van der Waals surface area contributed by atoms with Crippen molar-refractivity contribution in [2.24, 2.45) is 5.73 Å². The van der Waals surface area contributed by atoms with Crippen molar-refractivity contribution in [1.29, 1.82) is 5.41 Å². The number of benzene rings is 2. The average molecular weight is 491 g/mol. The number of nitrogens with two attached hydrogens (primary N) is 1. The van der Waals surface area contributed by atoms with Gasteiger partial charge in [0.25, 0.3) is 0 Å². The van der Waals surface area contributed by atoms with Crippen LogP contribution in [0, 0.1) is 11.2 Å². The molecule has 0 spiro atoms. The lowest BCUT2D eigenvalue weighted by atomic mass is 10.0. The number of aromatic nitrogens is 1. The number of hydrogen-bond acceptors (Lipinski definition) is 5. The lowest BCUT2D eigenvalue weighted by molar-refractivity contribution is 0.228. The van der Waals surface area contributed by atoms with Crippen molar-refractivity contribution in [3.63, 3.8) is 0 Å². The Morgan fingerprint density at radius 3 is 2.50 bits per heavy atom. The first-order valence-corrected chi connectivity index (χ1v) is 12.7. The zero-order chi connectivity index (χ0) is 25.7. The van der Waals surface area contributed by atoms with E-state index in [1.807, 2.05) is 49.9 Å². The molecule has 1 heterocycles. The quantitative estimate of drug-likeness (QED) is 0.244. The number of nitrogens with one attached hydrogen (secondary N) is 1. The summed E-state index contributed by atoms with van der Waals surface area (Å²) in [5.74, 6) is 1.51. The van der Waals surface area contributed by atoms with Crippen LogP contribution in [0.5, 0.6) is 11.5 Å². The van der Waals surface area contributed by atoms with Gasteiger partial charge < -0.3 is 20.1 Å². The van der Waals surface area contributed by atoms with Crippen molar-refractivity contribution in [2.75, 3.05) is 11.5 Å². The summed E-state index contributed by atoms with van der Waals surface area (Å²) < 4.78 is 27.2. The molecule has 7 heteroatoms. The van der Waals surface area contributed by atoms with Crippen molar-refractivity contribution in [3.8, 4) is 11.5 Å². The van der Waals surface area contributed by atoms with Crippen LogP contribution in [0.25, 0.3) is 0 Å². The smallest absolute Gasteiger partial charge is 0.170 e. The van der Waals surface area contributed by atoms with Crippen LogP contribution >= 0.6 is 0 Å². The SMILES string of the molecule is CCOc1cc(CN(c2ccc(C(=N)N)cc2)c2cccc(C3CCCC3)n2)c(F)c(OC(C)C)c1. The van der Waals surface area contributed by atoms with E-state index in [4.69, 9.17) is 25.6 Å². The van der Waals surface area contributed by atoms with E-state index < -0.39 is 5.82 Å². The zero-order valence-electron chi connectivity index (χ0n) is 21.3. The van der Waals surface area contributed by atoms with Crippen molar-refractivity contribution < 1.29 is 13.9 Å². The first-order chi connectivity index (χ1) is 17.4. The molecule has 4 rings (SSSR count). The van der Waals surface area contributed by atoms with Gasteiger partial charge in [0, 0.05) is 34.5 Å². The third kappa shape index (κ3) is 5.96. The molecule has 0 amide bonds. The van der Waals surface area contributed by atoms with Gasteiger partial charge in [-0.15, -0.1) is 0 Å². The van der Waals surface area contributed by atoms with Gasteiger partial charge in [-0.25, -0.2) is 9.37 Å². The van der Waals surface area contributed by atoms with Crippen LogP contribution in [0.1, 0.15) is 69.2 Å². The minimum absolute atomic E-state index is 0.000363. The second-order valence-electron chi connectivity index (χ2n) is 9.44. The molecule has 0 unspecified atom stereocenters. The topological polar surface area (TPSA) is 84.5 Å². The van der Waals surface area contributed by atoms with Gasteiger partial charge in [-0.05, 0) is 76.1 Å². The maximum Gasteiger partial charge on any atom is 0.170 e. The van der Waals surface area contributed by atoms with E-state index >= 15 is 4.39 Å². The summed E-state index contributed by atoms with van der Waals surface area (Å²) in [5, 5.41) is 7.73. The minimum atomic E-state index is -0.413. The molecule has 0 aliphatic heterocycles. The highest BCUT2D eigenvalue weighted by atomic mass is 19.1. The minimum Gasteiger partial charge on any atom is -0.494 e. The Balaban J connectivity index is 1.77. The Labute approximate surface area is 212 Å². The van der Waals surface area contributed by atoms with Gasteiger partial charge in [-0.3, -0.25) is 5.41 Å². The maximum atomic E-state index is 15.7. The average Bonchev–Trinajstić information content (AvgIpc) is 3.40. The number of hydrogen-bond donors (Lipinski definition) is 2. The molecule has 6 nitrogen and oxygen atoms in total. The van der Waals surface area contributed by atoms with Gasteiger partial charge in [0.2, 0.25) is 0 Å². The number of anilines is 2. The molecule has 1 fully saturated rings. The Kier molecular flexibility index (Phi) is 8.08. The molecule has 3 aromatic rings. The first-order valence-electron chi connectivity index (χ1n) is 12.7. The molecule has 190 valence electrons. The number of amidine groups is 1. The predicted molar refractivity (Wildman–Crippen MR) is 142 cm³/mol. The Hall–Kier alpha value is -3.61. The number of nitrogens with zero attached hydrogens (tertiary/aromatic N) is 2. The third-order valence-electron chi connectivity index (χ3n) is 6.39. The number of pyridine rings is 1. The largest absolute Gasteiger partial charge is 0.494 e. The fraction of sp³-hybridized carbons (Fsp3) is 0.379. The molecule has 0 saturated heterocycles. The fourth-order valence-corrected chi connectivity index (χ4v) is 4.67. The molecule has 1 aromatic heterocycles. The number of rotatable bonds is 10. The monoisotopic (exact) mass is 490 g/mol. The highest BCUT2D eigenvalue weighted by molar-refractivity contribution is 5.95. The molecular formula is C29H35FN4O2. The molecule has 0 atom stereocenters. The van der Waals surface area contributed by atoms with Crippen LogP contribution in [0.2, 0.25) is 0 Å². The third-order valence-corrected chi connectivity index (χ3v) is 6.39. The van der Waals surface area contributed by atoms with Crippen LogP contribution in [-0.4, -0.2) is 23.5 Å². The molecule has 36 heavy (non-hydrogen) atoms. The first kappa shape index (κ1) is 25.5. The number of halogens is 1. The van der Waals surface area contributed by atoms with E-state index in [2.05, 4.69) is 6.07 Å². The molecule has 1 aliphatic rings. The van der Waals surface area contributed by atoms with Gasteiger partial charge in [0.05, 0.1) is 19.3 Å². The van der Waals surface area contributed by atoms with Crippen LogP contribution in [0.15, 0.2) is 54.6 Å². The van der Waals surface area contributed by atoms with E-state index in [1.165, 1.54) is 12.8 Å². The highest BCUT2D eigenvalue weighted by Gasteiger charge is 2.22. The van der Waals surface area contributed by atoms with Gasteiger partial charge >= 0.3 is 0 Å². The van der Waals surface area contributed by atoms with E-state index in [9.17, 15) is 0 Å². The number of nitrogen functional groups attached to an aromatic ring is 1. The summed E-state index contributed by atoms with van der Waals surface area (Å²) >= 11 is 0. The van der Waals surface area contributed by atoms with Gasteiger partial charge in [0.15, 0.2) is 11.6 Å². The Bertz CT molecular complexity index is 1190. The van der Waals surface area contributed by atoms with E-state index in [0.29, 0.717) is 29.4 Å². The second-order valence-corrected chi connectivity index (χ2v) is 9.44. The van der Waals surface area contributed by atoms with Crippen LogP contribution in [0.3, 0.4) is 0 Å². The summed E-state index contributed by atoms with van der Waals surface area (Å²) in [6.45, 7) is 6.32. The zero-order valence-corrected chi connectivity index (χ0v) is 21.3. The van der Waals surface area contributed by atoms with Crippen LogP contribution < -0.4 is 20.1 Å². The number of ether oxygens (including phenoxy) is 2. The van der Waals surface area contributed by atoms with Gasteiger partial charge in [-0.1, -0.05) is 18.9 Å². The van der Waals surface area contributed by atoms with Crippen molar-refractivity contribution in [1.82, 2.24) is 4.98 Å². The Morgan fingerprint density at radius 1 is 1.14 bits per heavy atom. The Morgan fingerprint density at radius 2 is 1.86 bits per heavy atom. The van der Waals surface area contributed by atoms with E-state index in [1.54, 1.807) is 24.3 Å². The van der Waals surface area contributed by atoms with E-state index in [-0.39, 0.29) is 24.2 Å². The normalized spacial score (nSPS) is 13.7. The summed E-state index contributed by atoms with van der Waals surface area (Å²) in [4.78, 5) is 7.00. The van der Waals surface area contributed by atoms with Crippen molar-refractivity contribution >= 4 is 17.3 Å². The summed E-state index contributed by atoms with van der Waals surface area (Å²) in [5.41, 5.74) is 8.63. The molecule has 1 aliphatic carbocycles. The predicted octanol–water partition coefficient (Wildman–Crippen LogP) is 6.69. The highest BCUT2D eigenvalue weighted by Crippen LogP contribution is 2.36. The molecule has 1 saturated carbocycles. The van der Waals surface area contributed by atoms with Crippen LogP contribution in [-0.2, 0) is 6.54 Å². The second kappa shape index (κ2) is 11.4. The van der Waals surface area contributed by atoms with Crippen LogP contribution in [0.4, 0.5) is 15.9 Å².